The number of hydrogen-bond donors (Lipinski definition) is 0. The molecule has 2 rings (SSSR count). The molecule has 1 aromatic carbocycles. The molecule has 0 aromatic heterocycles. The van der Waals surface area contributed by atoms with Gasteiger partial charge in [-0.15, -0.1) is 0 Å². The van der Waals surface area contributed by atoms with Gasteiger partial charge in [-0.25, -0.2) is 4.79 Å². The number of carbonyl (C=O) groups excluding carboxylic acids is 1. The fourth-order valence-corrected chi connectivity index (χ4v) is 1.22. The van der Waals surface area contributed by atoms with Crippen LogP contribution < -0.4 is 0 Å². The maximum absolute atomic E-state index is 11.4. The molecule has 1 aromatic rings. The van der Waals surface area contributed by atoms with E-state index in [2.05, 4.69) is 0 Å². The molecule has 3 nitrogen and oxygen atoms in total. The summed E-state index contributed by atoms with van der Waals surface area (Å²) in [7, 11) is 0. The Balaban J connectivity index is 1.76. The van der Waals surface area contributed by atoms with Crippen LogP contribution in [0.2, 0.25) is 0 Å². The Hall–Kier alpha value is -1.51. The fraction of sp³-hybridized carbons (Fsp3) is 0.364. The van der Waals surface area contributed by atoms with Gasteiger partial charge in [-0.1, -0.05) is 30.3 Å². The lowest BCUT2D eigenvalue weighted by Gasteiger charge is -2.29. The molecule has 1 saturated heterocycles. The summed E-state index contributed by atoms with van der Waals surface area (Å²) in [4.78, 5) is 12.9. The summed E-state index contributed by atoms with van der Waals surface area (Å²) in [6, 6.07) is 9.57. The molecule has 1 aliphatic heterocycles. The zero-order chi connectivity index (χ0) is 10.7. The van der Waals surface area contributed by atoms with Crippen molar-refractivity contribution >= 4 is 6.09 Å². The van der Waals surface area contributed by atoms with Gasteiger partial charge in [0.15, 0.2) is 0 Å². The number of carbonyl (C=O) groups is 1. The third-order valence-electron chi connectivity index (χ3n) is 2.16. The monoisotopic (exact) mass is 192 g/mol. The SMILES string of the molecule is [2H]C1CN(C(=O)OCc2ccccc2)C1. The first-order valence-electron chi connectivity index (χ1n) is 5.21. The number of benzene rings is 1. The number of hydrogen-bond acceptors (Lipinski definition) is 2. The summed E-state index contributed by atoms with van der Waals surface area (Å²) in [5, 5.41) is 0. The third kappa shape index (κ3) is 2.05. The molecule has 14 heavy (non-hydrogen) atoms. The Morgan fingerprint density at radius 3 is 2.79 bits per heavy atom. The third-order valence-corrected chi connectivity index (χ3v) is 2.16. The van der Waals surface area contributed by atoms with Crippen LogP contribution in [0.1, 0.15) is 13.3 Å². The van der Waals surface area contributed by atoms with Crippen molar-refractivity contribution in [2.24, 2.45) is 0 Å². The summed E-state index contributed by atoms with van der Waals surface area (Å²) in [5.41, 5.74) is 0.980. The number of nitrogens with zero attached hydrogens (tertiary/aromatic N) is 1. The molecule has 0 saturated carbocycles. The molecule has 1 heterocycles. The Kier molecular flexibility index (Phi) is 2.32. The highest BCUT2D eigenvalue weighted by Crippen LogP contribution is 2.09. The maximum atomic E-state index is 11.4. The second kappa shape index (κ2) is 4.13. The van der Waals surface area contributed by atoms with Gasteiger partial charge in [0.25, 0.3) is 0 Å². The van der Waals surface area contributed by atoms with Gasteiger partial charge in [-0.05, 0) is 12.0 Å². The minimum atomic E-state index is -0.317. The highest BCUT2D eigenvalue weighted by molar-refractivity contribution is 5.68. The Labute approximate surface area is 84.7 Å². The smallest absolute Gasteiger partial charge is 0.410 e. The molecule has 0 aliphatic carbocycles. The molecule has 0 radical (unpaired) electrons. The van der Waals surface area contributed by atoms with E-state index in [0.717, 1.165) is 5.56 Å². The quantitative estimate of drug-likeness (QED) is 0.717. The van der Waals surface area contributed by atoms with Crippen LogP contribution in [-0.2, 0) is 11.3 Å². The van der Waals surface area contributed by atoms with Crippen molar-refractivity contribution in [2.45, 2.75) is 13.0 Å². The van der Waals surface area contributed by atoms with Crippen molar-refractivity contribution in [1.29, 1.82) is 0 Å². The van der Waals surface area contributed by atoms with Gasteiger partial charge in [0, 0.05) is 14.5 Å². The van der Waals surface area contributed by atoms with Gasteiger partial charge in [0.05, 0.1) is 0 Å². The zero-order valence-electron chi connectivity index (χ0n) is 8.85. The lowest BCUT2D eigenvalue weighted by Crippen LogP contribution is -2.42. The molecule has 1 fully saturated rings. The Bertz CT molecular complexity index is 336. The number of likely N-dealkylation sites (tertiary alicyclic amines) is 1. The van der Waals surface area contributed by atoms with E-state index in [1.54, 1.807) is 4.90 Å². The van der Waals surface area contributed by atoms with Gasteiger partial charge in [0.2, 0.25) is 0 Å². The molecule has 0 unspecified atom stereocenters. The van der Waals surface area contributed by atoms with E-state index in [1.165, 1.54) is 0 Å². The Morgan fingerprint density at radius 1 is 1.43 bits per heavy atom. The molecule has 1 aliphatic rings. The van der Waals surface area contributed by atoms with Crippen molar-refractivity contribution in [3.8, 4) is 0 Å². The van der Waals surface area contributed by atoms with E-state index >= 15 is 0 Å². The molecule has 1 amide bonds. The van der Waals surface area contributed by atoms with Gasteiger partial charge < -0.3 is 9.64 Å². The standard InChI is InChI=1S/C11H13NO2/c13-11(12-7-4-8-12)14-9-10-5-2-1-3-6-10/h1-3,5-6H,4,7-9H2/i4D. The first-order valence-corrected chi connectivity index (χ1v) is 4.63. The Morgan fingerprint density at radius 2 is 2.14 bits per heavy atom. The lowest BCUT2D eigenvalue weighted by molar-refractivity contribution is 0.0755. The van der Waals surface area contributed by atoms with E-state index in [-0.39, 0.29) is 12.5 Å². The van der Waals surface area contributed by atoms with Crippen molar-refractivity contribution in [3.63, 3.8) is 0 Å². The first-order chi connectivity index (χ1) is 7.25. The summed E-state index contributed by atoms with van der Waals surface area (Å²) < 4.78 is 12.4. The average molecular weight is 192 g/mol. The van der Waals surface area contributed by atoms with E-state index in [4.69, 9.17) is 6.11 Å². The summed E-state index contributed by atoms with van der Waals surface area (Å²) >= 11 is 0. The topological polar surface area (TPSA) is 29.5 Å². The molecule has 3 heteroatoms. The van der Waals surface area contributed by atoms with Gasteiger partial charge in [-0.2, -0.15) is 0 Å². The van der Waals surface area contributed by atoms with E-state index < -0.39 is 0 Å². The molecule has 0 atom stereocenters. The van der Waals surface area contributed by atoms with Crippen LogP contribution >= 0.6 is 0 Å². The zero-order valence-corrected chi connectivity index (χ0v) is 7.85. The largest absolute Gasteiger partial charge is 0.445 e. The minimum absolute atomic E-state index is 0.130. The molecule has 74 valence electrons. The van der Waals surface area contributed by atoms with Crippen molar-refractivity contribution in [2.75, 3.05) is 13.1 Å². The second-order valence-corrected chi connectivity index (χ2v) is 3.23. The van der Waals surface area contributed by atoms with Crippen molar-refractivity contribution in [3.05, 3.63) is 35.9 Å². The number of amides is 1. The van der Waals surface area contributed by atoms with Crippen LogP contribution in [0.4, 0.5) is 4.79 Å². The molecule has 0 N–H and O–H groups in total. The normalized spacial score (nSPS) is 17.1. The molecular formula is C11H13NO2. The van der Waals surface area contributed by atoms with Crippen molar-refractivity contribution < 1.29 is 10.9 Å². The second-order valence-electron chi connectivity index (χ2n) is 3.23. The van der Waals surface area contributed by atoms with Crippen molar-refractivity contribution in [1.82, 2.24) is 4.90 Å². The molecular weight excluding hydrogens is 178 g/mol. The highest BCUT2D eigenvalue weighted by Gasteiger charge is 2.21. The first kappa shape index (κ1) is 7.85. The summed E-state index contributed by atoms with van der Waals surface area (Å²) in [6.45, 7) is 1.29. The number of rotatable bonds is 2. The predicted octanol–water partition coefficient (Wildman–Crippen LogP) is 2.03. The molecule has 0 bridgehead atoms. The van der Waals surface area contributed by atoms with E-state index in [0.29, 0.717) is 19.7 Å². The van der Waals surface area contributed by atoms with Crippen LogP contribution in [0.15, 0.2) is 30.3 Å². The maximum Gasteiger partial charge on any atom is 0.410 e. The van der Waals surface area contributed by atoms with Crippen LogP contribution in [0.25, 0.3) is 0 Å². The summed E-state index contributed by atoms with van der Waals surface area (Å²) in [5.74, 6) is 0. The van der Waals surface area contributed by atoms with E-state index in [1.807, 2.05) is 30.3 Å². The van der Waals surface area contributed by atoms with Gasteiger partial charge in [-0.3, -0.25) is 0 Å². The van der Waals surface area contributed by atoms with Crippen LogP contribution in [0.5, 0.6) is 0 Å². The van der Waals surface area contributed by atoms with Gasteiger partial charge in [0.1, 0.15) is 6.61 Å². The summed E-state index contributed by atoms with van der Waals surface area (Å²) in [6.07, 6.45) is -0.448. The minimum Gasteiger partial charge on any atom is -0.445 e. The predicted molar refractivity (Wildman–Crippen MR) is 52.8 cm³/mol. The molecule has 0 spiro atoms. The lowest BCUT2D eigenvalue weighted by atomic mass is 10.2. The van der Waals surface area contributed by atoms with Crippen LogP contribution in [-0.4, -0.2) is 24.1 Å². The average Bonchev–Trinajstić information content (AvgIpc) is 2.23. The van der Waals surface area contributed by atoms with Gasteiger partial charge >= 0.3 is 6.09 Å². The van der Waals surface area contributed by atoms with Crippen LogP contribution in [0, 0.1) is 0 Å². The van der Waals surface area contributed by atoms with Crippen LogP contribution in [0.3, 0.4) is 0 Å². The number of ether oxygens (including phenoxy) is 1. The van der Waals surface area contributed by atoms with E-state index in [9.17, 15) is 4.79 Å². The fourth-order valence-electron chi connectivity index (χ4n) is 1.22. The highest BCUT2D eigenvalue weighted by atomic mass is 16.6.